The van der Waals surface area contributed by atoms with Gasteiger partial charge in [-0.25, -0.2) is 0 Å². The molecule has 2 unspecified atom stereocenters. The molecule has 0 saturated carbocycles. The molecule has 0 fully saturated rings. The summed E-state index contributed by atoms with van der Waals surface area (Å²) in [7, 11) is 0. The second-order valence-corrected chi connectivity index (χ2v) is 5.73. The fourth-order valence-electron chi connectivity index (χ4n) is 2.21. The number of rotatable bonds is 9. The summed E-state index contributed by atoms with van der Waals surface area (Å²) in [6.07, 6.45) is 4.26. The summed E-state index contributed by atoms with van der Waals surface area (Å²) in [5.74, 6) is 1.27. The number of carbonyl (C=O) groups excluding carboxylic acids is 1. The van der Waals surface area contributed by atoms with E-state index in [2.05, 4.69) is 19.2 Å². The number of hydrogen-bond acceptors (Lipinski definition) is 2. The number of ether oxygens (including phenoxy) is 1. The first-order valence-corrected chi connectivity index (χ1v) is 8.07. The predicted octanol–water partition coefficient (Wildman–Crippen LogP) is 4.09. The number of aryl methyl sites for hydroxylation is 1. The van der Waals surface area contributed by atoms with E-state index in [1.54, 1.807) is 6.92 Å². The van der Waals surface area contributed by atoms with Gasteiger partial charge in [-0.2, -0.15) is 0 Å². The van der Waals surface area contributed by atoms with Gasteiger partial charge in [0.1, 0.15) is 5.75 Å². The van der Waals surface area contributed by atoms with Crippen LogP contribution in [0, 0.1) is 12.8 Å². The number of unbranched alkanes of at least 4 members (excludes halogenated alkanes) is 1. The summed E-state index contributed by atoms with van der Waals surface area (Å²) in [4.78, 5) is 12.1. The minimum Gasteiger partial charge on any atom is -0.481 e. The summed E-state index contributed by atoms with van der Waals surface area (Å²) in [5, 5.41) is 3.01. The second-order valence-electron chi connectivity index (χ2n) is 5.73. The van der Waals surface area contributed by atoms with E-state index >= 15 is 0 Å². The van der Waals surface area contributed by atoms with E-state index in [1.807, 2.05) is 31.2 Å². The zero-order valence-electron chi connectivity index (χ0n) is 13.8. The standard InChI is InChI=1S/C18H29NO2/c1-5-7-8-16(6-2)13-19-18(20)15(4)21-17-11-9-14(3)10-12-17/h9-12,15-16H,5-8,13H2,1-4H3,(H,19,20). The van der Waals surface area contributed by atoms with Gasteiger partial charge in [0, 0.05) is 6.54 Å². The number of benzene rings is 1. The average molecular weight is 291 g/mol. The molecule has 1 rings (SSSR count). The van der Waals surface area contributed by atoms with Crippen LogP contribution >= 0.6 is 0 Å². The first-order chi connectivity index (χ1) is 10.1. The number of carbonyl (C=O) groups is 1. The van der Waals surface area contributed by atoms with Crippen LogP contribution in [0.5, 0.6) is 5.75 Å². The molecule has 0 spiro atoms. The van der Waals surface area contributed by atoms with E-state index in [1.165, 1.54) is 24.8 Å². The molecule has 0 aliphatic heterocycles. The van der Waals surface area contributed by atoms with Crippen molar-refractivity contribution in [3.05, 3.63) is 29.8 Å². The first kappa shape index (κ1) is 17.5. The Labute approximate surface area is 129 Å². The van der Waals surface area contributed by atoms with Gasteiger partial charge in [-0.05, 0) is 38.3 Å². The highest BCUT2D eigenvalue weighted by Crippen LogP contribution is 2.14. The molecule has 1 aromatic rings. The van der Waals surface area contributed by atoms with Gasteiger partial charge in [0.05, 0.1) is 0 Å². The summed E-state index contributed by atoms with van der Waals surface area (Å²) in [5.41, 5.74) is 1.18. The number of amides is 1. The lowest BCUT2D eigenvalue weighted by molar-refractivity contribution is -0.127. The van der Waals surface area contributed by atoms with Gasteiger partial charge in [0.2, 0.25) is 0 Å². The summed E-state index contributed by atoms with van der Waals surface area (Å²) >= 11 is 0. The van der Waals surface area contributed by atoms with Crippen molar-refractivity contribution in [3.63, 3.8) is 0 Å². The molecule has 118 valence electrons. The van der Waals surface area contributed by atoms with Crippen LogP contribution < -0.4 is 10.1 Å². The maximum Gasteiger partial charge on any atom is 0.260 e. The molecule has 1 N–H and O–H groups in total. The van der Waals surface area contributed by atoms with Crippen LogP contribution in [-0.2, 0) is 4.79 Å². The van der Waals surface area contributed by atoms with Crippen LogP contribution in [0.4, 0.5) is 0 Å². The van der Waals surface area contributed by atoms with Gasteiger partial charge in [-0.15, -0.1) is 0 Å². The molecule has 2 atom stereocenters. The van der Waals surface area contributed by atoms with Crippen molar-refractivity contribution in [2.75, 3.05) is 6.54 Å². The average Bonchev–Trinajstić information content (AvgIpc) is 2.49. The SMILES string of the molecule is CCCCC(CC)CNC(=O)C(C)Oc1ccc(C)cc1. The smallest absolute Gasteiger partial charge is 0.260 e. The van der Waals surface area contributed by atoms with E-state index in [-0.39, 0.29) is 5.91 Å². The number of nitrogens with one attached hydrogen (secondary N) is 1. The highest BCUT2D eigenvalue weighted by atomic mass is 16.5. The molecule has 3 heteroatoms. The molecule has 1 aromatic carbocycles. The van der Waals surface area contributed by atoms with Crippen LogP contribution in [0.2, 0.25) is 0 Å². The molecule has 0 saturated heterocycles. The Morgan fingerprint density at radius 1 is 1.24 bits per heavy atom. The Hall–Kier alpha value is -1.51. The van der Waals surface area contributed by atoms with Crippen LogP contribution in [0.15, 0.2) is 24.3 Å². The normalized spacial score (nSPS) is 13.5. The summed E-state index contributed by atoms with van der Waals surface area (Å²) in [6.45, 7) is 8.95. The number of hydrogen-bond donors (Lipinski definition) is 1. The Bertz CT molecular complexity index is 414. The summed E-state index contributed by atoms with van der Waals surface area (Å²) < 4.78 is 5.67. The molecule has 0 aliphatic rings. The van der Waals surface area contributed by atoms with Crippen LogP contribution in [0.1, 0.15) is 52.0 Å². The lowest BCUT2D eigenvalue weighted by atomic mass is 9.99. The van der Waals surface area contributed by atoms with Crippen molar-refractivity contribution >= 4 is 5.91 Å². The van der Waals surface area contributed by atoms with Crippen molar-refractivity contribution in [2.24, 2.45) is 5.92 Å². The third kappa shape index (κ3) is 6.65. The highest BCUT2D eigenvalue weighted by molar-refractivity contribution is 5.80. The fraction of sp³-hybridized carbons (Fsp3) is 0.611. The van der Waals surface area contributed by atoms with Crippen molar-refractivity contribution in [2.45, 2.75) is 59.5 Å². The van der Waals surface area contributed by atoms with Gasteiger partial charge in [0.25, 0.3) is 5.91 Å². The van der Waals surface area contributed by atoms with Gasteiger partial charge >= 0.3 is 0 Å². The van der Waals surface area contributed by atoms with Crippen LogP contribution in [0.25, 0.3) is 0 Å². The maximum absolute atomic E-state index is 12.1. The maximum atomic E-state index is 12.1. The van der Waals surface area contributed by atoms with Crippen molar-refractivity contribution in [1.82, 2.24) is 5.32 Å². The van der Waals surface area contributed by atoms with Crippen molar-refractivity contribution in [3.8, 4) is 5.75 Å². The fourth-order valence-corrected chi connectivity index (χ4v) is 2.21. The lowest BCUT2D eigenvalue weighted by Crippen LogP contribution is -2.38. The Morgan fingerprint density at radius 2 is 1.90 bits per heavy atom. The molecule has 0 radical (unpaired) electrons. The highest BCUT2D eigenvalue weighted by Gasteiger charge is 2.16. The molecule has 1 amide bonds. The monoisotopic (exact) mass is 291 g/mol. The van der Waals surface area contributed by atoms with Crippen LogP contribution in [-0.4, -0.2) is 18.6 Å². The Morgan fingerprint density at radius 3 is 2.48 bits per heavy atom. The largest absolute Gasteiger partial charge is 0.481 e. The molecule has 0 aromatic heterocycles. The quantitative estimate of drug-likeness (QED) is 0.744. The topological polar surface area (TPSA) is 38.3 Å². The molecule has 0 bridgehead atoms. The Kier molecular flexibility index (Phi) is 7.88. The van der Waals surface area contributed by atoms with Gasteiger partial charge < -0.3 is 10.1 Å². The Balaban J connectivity index is 2.38. The van der Waals surface area contributed by atoms with Gasteiger partial charge in [0.15, 0.2) is 6.10 Å². The molecule has 0 aliphatic carbocycles. The van der Waals surface area contributed by atoms with Gasteiger partial charge in [-0.3, -0.25) is 4.79 Å². The second kappa shape index (κ2) is 9.43. The molecule has 21 heavy (non-hydrogen) atoms. The van der Waals surface area contributed by atoms with E-state index in [0.717, 1.165) is 18.7 Å². The zero-order valence-corrected chi connectivity index (χ0v) is 13.8. The molecular weight excluding hydrogens is 262 g/mol. The van der Waals surface area contributed by atoms with Crippen LogP contribution in [0.3, 0.4) is 0 Å². The van der Waals surface area contributed by atoms with Gasteiger partial charge in [-0.1, -0.05) is 50.8 Å². The van der Waals surface area contributed by atoms with E-state index in [4.69, 9.17) is 4.74 Å². The zero-order chi connectivity index (χ0) is 15.7. The predicted molar refractivity (Wildman–Crippen MR) is 87.6 cm³/mol. The first-order valence-electron chi connectivity index (χ1n) is 8.07. The molecule has 3 nitrogen and oxygen atoms in total. The molecule has 0 heterocycles. The minimum absolute atomic E-state index is 0.0366. The molecular formula is C18H29NO2. The third-order valence-corrected chi connectivity index (χ3v) is 3.81. The van der Waals surface area contributed by atoms with E-state index in [9.17, 15) is 4.79 Å². The van der Waals surface area contributed by atoms with E-state index in [0.29, 0.717) is 5.92 Å². The van der Waals surface area contributed by atoms with Crippen molar-refractivity contribution < 1.29 is 9.53 Å². The lowest BCUT2D eigenvalue weighted by Gasteiger charge is -2.18. The minimum atomic E-state index is -0.462. The summed E-state index contributed by atoms with van der Waals surface area (Å²) in [6, 6.07) is 7.76. The van der Waals surface area contributed by atoms with Crippen molar-refractivity contribution in [1.29, 1.82) is 0 Å². The third-order valence-electron chi connectivity index (χ3n) is 3.81. The van der Waals surface area contributed by atoms with E-state index < -0.39 is 6.10 Å².